The highest BCUT2D eigenvalue weighted by atomic mass is 35.5. The molecule has 0 aromatic heterocycles. The second kappa shape index (κ2) is 3.89. The zero-order valence-electron chi connectivity index (χ0n) is 10.3. The molecule has 1 aromatic rings. The molecule has 0 aliphatic carbocycles. The first-order valence-electron chi connectivity index (χ1n) is 6.33. The van der Waals surface area contributed by atoms with E-state index in [-0.39, 0.29) is 11.6 Å². The molecule has 2 aliphatic heterocycles. The van der Waals surface area contributed by atoms with Crippen molar-refractivity contribution in [2.75, 3.05) is 6.54 Å². The van der Waals surface area contributed by atoms with Crippen LogP contribution in [-0.2, 0) is 12.0 Å². The van der Waals surface area contributed by atoms with Crippen LogP contribution in [-0.4, -0.2) is 12.6 Å². The van der Waals surface area contributed by atoms with Crippen molar-refractivity contribution in [1.29, 1.82) is 0 Å². The van der Waals surface area contributed by atoms with Gasteiger partial charge in [-0.2, -0.15) is 0 Å². The third kappa shape index (κ3) is 1.84. The summed E-state index contributed by atoms with van der Waals surface area (Å²) in [6.45, 7) is 5.44. The van der Waals surface area contributed by atoms with Crippen LogP contribution in [0.5, 0.6) is 5.75 Å². The highest BCUT2D eigenvalue weighted by Crippen LogP contribution is 2.43. The lowest BCUT2D eigenvalue weighted by atomic mass is 9.88. The number of rotatable bonds is 1. The fourth-order valence-electron chi connectivity index (χ4n) is 3.03. The standard InChI is InChI=1S/C14H18ClNO/c1-9-6-10-7-11(15)8-12(13(10)17-9)14(2)4-3-5-16-14/h7-9,16H,3-6H2,1-2H3. The molecule has 0 spiro atoms. The van der Waals surface area contributed by atoms with E-state index in [2.05, 4.69) is 25.2 Å². The number of benzene rings is 1. The van der Waals surface area contributed by atoms with Gasteiger partial charge in [0.2, 0.25) is 0 Å². The Kier molecular flexibility index (Phi) is 2.60. The first-order chi connectivity index (χ1) is 8.08. The fraction of sp³-hybridized carbons (Fsp3) is 0.571. The number of ether oxygens (including phenoxy) is 1. The molecule has 0 amide bonds. The van der Waals surface area contributed by atoms with E-state index in [4.69, 9.17) is 16.3 Å². The van der Waals surface area contributed by atoms with Gasteiger partial charge in [0.1, 0.15) is 11.9 Å². The van der Waals surface area contributed by atoms with Crippen molar-refractivity contribution in [2.24, 2.45) is 0 Å². The van der Waals surface area contributed by atoms with Crippen LogP contribution in [0.3, 0.4) is 0 Å². The summed E-state index contributed by atoms with van der Waals surface area (Å²) in [5.41, 5.74) is 2.52. The maximum atomic E-state index is 6.23. The topological polar surface area (TPSA) is 21.3 Å². The number of hydrogen-bond acceptors (Lipinski definition) is 2. The van der Waals surface area contributed by atoms with Crippen LogP contribution in [0.25, 0.3) is 0 Å². The fourth-order valence-corrected chi connectivity index (χ4v) is 3.27. The largest absolute Gasteiger partial charge is 0.490 e. The van der Waals surface area contributed by atoms with Crippen molar-refractivity contribution in [3.05, 3.63) is 28.3 Å². The molecule has 2 heterocycles. The third-order valence-electron chi connectivity index (χ3n) is 3.92. The smallest absolute Gasteiger partial charge is 0.128 e. The van der Waals surface area contributed by atoms with Crippen molar-refractivity contribution < 1.29 is 4.74 Å². The van der Waals surface area contributed by atoms with Crippen LogP contribution in [0.1, 0.15) is 37.8 Å². The highest BCUT2D eigenvalue weighted by molar-refractivity contribution is 6.30. The van der Waals surface area contributed by atoms with Crippen LogP contribution in [0.4, 0.5) is 0 Å². The molecular weight excluding hydrogens is 234 g/mol. The molecule has 1 fully saturated rings. The van der Waals surface area contributed by atoms with Crippen LogP contribution in [0.15, 0.2) is 12.1 Å². The normalized spacial score (nSPS) is 31.4. The Morgan fingerprint density at radius 2 is 2.29 bits per heavy atom. The molecule has 0 bridgehead atoms. The predicted molar refractivity (Wildman–Crippen MR) is 69.8 cm³/mol. The predicted octanol–water partition coefficient (Wildman–Crippen LogP) is 3.26. The first-order valence-corrected chi connectivity index (χ1v) is 6.71. The van der Waals surface area contributed by atoms with Crippen molar-refractivity contribution in [1.82, 2.24) is 5.32 Å². The Balaban J connectivity index is 2.11. The van der Waals surface area contributed by atoms with E-state index in [0.29, 0.717) is 0 Å². The minimum absolute atomic E-state index is 0.0268. The summed E-state index contributed by atoms with van der Waals surface area (Å²) >= 11 is 6.23. The van der Waals surface area contributed by atoms with Crippen molar-refractivity contribution in [2.45, 2.75) is 44.8 Å². The maximum Gasteiger partial charge on any atom is 0.128 e. The molecule has 0 radical (unpaired) electrons. The van der Waals surface area contributed by atoms with Gasteiger partial charge in [-0.25, -0.2) is 0 Å². The maximum absolute atomic E-state index is 6.23. The van der Waals surface area contributed by atoms with Gasteiger partial charge in [-0.05, 0) is 50.9 Å². The van der Waals surface area contributed by atoms with E-state index in [1.807, 2.05) is 6.07 Å². The van der Waals surface area contributed by atoms with E-state index in [9.17, 15) is 0 Å². The van der Waals surface area contributed by atoms with Crippen molar-refractivity contribution in [3.8, 4) is 5.75 Å². The van der Waals surface area contributed by atoms with Gasteiger partial charge in [0.15, 0.2) is 0 Å². The number of fused-ring (bicyclic) bond motifs is 1. The van der Waals surface area contributed by atoms with E-state index in [1.165, 1.54) is 17.5 Å². The number of halogens is 1. The van der Waals surface area contributed by atoms with Gasteiger partial charge in [-0.15, -0.1) is 0 Å². The van der Waals surface area contributed by atoms with E-state index >= 15 is 0 Å². The van der Waals surface area contributed by atoms with Gasteiger partial charge in [0.05, 0.1) is 0 Å². The Morgan fingerprint density at radius 1 is 1.47 bits per heavy atom. The monoisotopic (exact) mass is 251 g/mol. The summed E-state index contributed by atoms with van der Waals surface area (Å²) in [6.07, 6.45) is 3.61. The zero-order chi connectivity index (χ0) is 12.0. The van der Waals surface area contributed by atoms with Gasteiger partial charge in [0.25, 0.3) is 0 Å². The Labute approximate surface area is 107 Å². The van der Waals surface area contributed by atoms with Crippen LogP contribution < -0.4 is 10.1 Å². The lowest BCUT2D eigenvalue weighted by Gasteiger charge is -2.27. The molecule has 1 N–H and O–H groups in total. The quantitative estimate of drug-likeness (QED) is 0.827. The van der Waals surface area contributed by atoms with E-state index in [1.54, 1.807) is 0 Å². The summed E-state index contributed by atoms with van der Waals surface area (Å²) in [6, 6.07) is 4.11. The molecule has 2 aliphatic rings. The van der Waals surface area contributed by atoms with E-state index < -0.39 is 0 Å². The minimum atomic E-state index is 0.0268. The van der Waals surface area contributed by atoms with Gasteiger partial charge in [-0.1, -0.05) is 11.6 Å². The third-order valence-corrected chi connectivity index (χ3v) is 4.14. The van der Waals surface area contributed by atoms with Gasteiger partial charge in [0, 0.05) is 22.5 Å². The van der Waals surface area contributed by atoms with Gasteiger partial charge in [-0.3, -0.25) is 0 Å². The second-order valence-corrected chi connectivity index (χ2v) is 5.87. The Bertz CT molecular complexity index is 452. The average Bonchev–Trinajstić information content (AvgIpc) is 2.83. The SMILES string of the molecule is CC1Cc2cc(Cl)cc(C3(C)CCCN3)c2O1. The molecule has 2 atom stereocenters. The molecular formula is C14H18ClNO. The van der Waals surface area contributed by atoms with Gasteiger partial charge < -0.3 is 10.1 Å². The zero-order valence-corrected chi connectivity index (χ0v) is 11.1. The molecule has 3 rings (SSSR count). The average molecular weight is 252 g/mol. The summed E-state index contributed by atoms with van der Waals surface area (Å²) in [5, 5.41) is 4.41. The second-order valence-electron chi connectivity index (χ2n) is 5.44. The first kappa shape index (κ1) is 11.4. The van der Waals surface area contributed by atoms with Crippen LogP contribution in [0, 0.1) is 0 Å². The lowest BCUT2D eigenvalue weighted by molar-refractivity contribution is 0.246. The van der Waals surface area contributed by atoms with Crippen LogP contribution >= 0.6 is 11.6 Å². The van der Waals surface area contributed by atoms with Crippen LogP contribution in [0.2, 0.25) is 5.02 Å². The molecule has 17 heavy (non-hydrogen) atoms. The molecule has 92 valence electrons. The van der Waals surface area contributed by atoms with Crippen molar-refractivity contribution >= 4 is 11.6 Å². The van der Waals surface area contributed by atoms with Crippen molar-refractivity contribution in [3.63, 3.8) is 0 Å². The summed E-state index contributed by atoms with van der Waals surface area (Å²) in [5.74, 6) is 1.07. The minimum Gasteiger partial charge on any atom is -0.490 e. The number of nitrogens with one attached hydrogen (secondary N) is 1. The number of hydrogen-bond donors (Lipinski definition) is 1. The van der Waals surface area contributed by atoms with Gasteiger partial charge >= 0.3 is 0 Å². The molecule has 3 heteroatoms. The Morgan fingerprint density at radius 3 is 3.00 bits per heavy atom. The molecule has 1 saturated heterocycles. The molecule has 0 saturated carbocycles. The summed E-state index contributed by atoms with van der Waals surface area (Å²) < 4.78 is 5.97. The molecule has 2 unspecified atom stereocenters. The molecule has 2 nitrogen and oxygen atoms in total. The summed E-state index contributed by atoms with van der Waals surface area (Å²) in [4.78, 5) is 0. The highest BCUT2D eigenvalue weighted by Gasteiger charge is 2.36. The lowest BCUT2D eigenvalue weighted by Crippen LogP contribution is -2.33. The summed E-state index contributed by atoms with van der Waals surface area (Å²) in [7, 11) is 0. The van der Waals surface area contributed by atoms with E-state index in [0.717, 1.165) is 30.2 Å². The Hall–Kier alpha value is -0.730. The molecule has 1 aromatic carbocycles.